The zero-order valence-electron chi connectivity index (χ0n) is 33.5. The van der Waals surface area contributed by atoms with Crippen LogP contribution in [0, 0.1) is 0 Å². The molecule has 0 saturated carbocycles. The molecule has 8 N–H and O–H groups in total. The Balaban J connectivity index is 0.000000274. The molecule has 0 radical (unpaired) electrons. The van der Waals surface area contributed by atoms with E-state index in [1.54, 1.807) is 0 Å². The van der Waals surface area contributed by atoms with Crippen molar-refractivity contribution in [3.05, 3.63) is 115 Å². The normalized spacial score (nSPS) is 11.5. The summed E-state index contributed by atoms with van der Waals surface area (Å²) in [6.45, 7) is 26.4. The lowest BCUT2D eigenvalue weighted by molar-refractivity contribution is 0.829. The van der Waals surface area contributed by atoms with E-state index in [0.717, 1.165) is 61.3 Å². The van der Waals surface area contributed by atoms with Crippen molar-refractivity contribution in [3.8, 4) is 0 Å². The quantitative estimate of drug-likeness (QED) is 0.112. The zero-order chi connectivity index (χ0) is 37.4. The average molecular weight is 677 g/mol. The molecule has 0 heterocycles. The molecule has 0 unspecified atom stereocenters. The maximum absolute atomic E-state index is 6.48. The number of anilines is 4. The molecule has 0 aliphatic heterocycles. The lowest BCUT2D eigenvalue weighted by Gasteiger charge is -2.21. The van der Waals surface area contributed by atoms with Crippen LogP contribution in [0.3, 0.4) is 0 Å². The summed E-state index contributed by atoms with van der Waals surface area (Å²) in [6, 6.07) is 18.3. The van der Waals surface area contributed by atoms with Crippen molar-refractivity contribution in [2.75, 3.05) is 22.9 Å². The van der Waals surface area contributed by atoms with E-state index >= 15 is 0 Å². The molecule has 4 aromatic rings. The summed E-state index contributed by atoms with van der Waals surface area (Å²) in [7, 11) is 0. The number of nitrogen functional groups attached to an aromatic ring is 4. The molecule has 0 aliphatic rings. The van der Waals surface area contributed by atoms with E-state index in [9.17, 15) is 0 Å². The van der Waals surface area contributed by atoms with E-state index in [0.29, 0.717) is 23.7 Å². The fraction of sp³-hybridized carbons (Fsp3) is 0.478. The topological polar surface area (TPSA) is 104 Å². The molecule has 4 nitrogen and oxygen atoms in total. The van der Waals surface area contributed by atoms with Crippen molar-refractivity contribution >= 4 is 22.7 Å². The minimum Gasteiger partial charge on any atom is -0.398 e. The van der Waals surface area contributed by atoms with E-state index in [-0.39, 0.29) is 0 Å². The van der Waals surface area contributed by atoms with Crippen molar-refractivity contribution in [3.63, 3.8) is 0 Å². The van der Waals surface area contributed by atoms with E-state index in [1.165, 1.54) is 66.8 Å². The maximum atomic E-state index is 6.48. The van der Waals surface area contributed by atoms with Gasteiger partial charge in [-0.2, -0.15) is 0 Å². The molecule has 272 valence electrons. The number of hydrogen-bond acceptors (Lipinski definition) is 4. The first-order valence-electron chi connectivity index (χ1n) is 19.2. The lowest BCUT2D eigenvalue weighted by Crippen LogP contribution is -2.07. The highest BCUT2D eigenvalue weighted by atomic mass is 14.6. The molecule has 0 fully saturated rings. The summed E-state index contributed by atoms with van der Waals surface area (Å²) in [5.74, 6) is 1.69. The maximum Gasteiger partial charge on any atom is 0.0384 e. The van der Waals surface area contributed by atoms with Crippen molar-refractivity contribution in [2.45, 2.75) is 145 Å². The van der Waals surface area contributed by atoms with Crippen LogP contribution < -0.4 is 22.9 Å². The highest BCUT2D eigenvalue weighted by molar-refractivity contribution is 5.61. The van der Waals surface area contributed by atoms with Gasteiger partial charge in [0.2, 0.25) is 0 Å². The molecule has 4 heteroatoms. The van der Waals surface area contributed by atoms with Gasteiger partial charge in [0.25, 0.3) is 0 Å². The Morgan fingerprint density at radius 1 is 0.340 bits per heavy atom. The Kier molecular flexibility index (Phi) is 14.4. The van der Waals surface area contributed by atoms with Gasteiger partial charge in [-0.05, 0) is 129 Å². The molecule has 4 rings (SSSR count). The predicted octanol–water partition coefficient (Wildman–Crippen LogP) is 11.6. The largest absolute Gasteiger partial charge is 0.398 e. The van der Waals surface area contributed by atoms with Gasteiger partial charge in [-0.25, -0.2) is 0 Å². The second-order valence-corrected chi connectivity index (χ2v) is 15.4. The van der Waals surface area contributed by atoms with Crippen molar-refractivity contribution in [1.82, 2.24) is 0 Å². The first-order valence-corrected chi connectivity index (χ1v) is 19.2. The molecule has 0 aromatic heterocycles. The SMILES string of the molecule is CC(C)c1cc(Cc2cc(C(C)C)c(N)c(C(C)C)c2)cc(C(C)C)c1N.CCc1cc(Cc2cc(CC)c(N)c(CC)c2)cc(CC)c1N. The van der Waals surface area contributed by atoms with Gasteiger partial charge in [0.15, 0.2) is 0 Å². The van der Waals surface area contributed by atoms with Gasteiger partial charge in [0, 0.05) is 22.7 Å². The zero-order valence-corrected chi connectivity index (χ0v) is 33.5. The fourth-order valence-corrected chi connectivity index (χ4v) is 7.19. The Bertz CT molecular complexity index is 1510. The third-order valence-corrected chi connectivity index (χ3v) is 10.3. The fourth-order valence-electron chi connectivity index (χ4n) is 7.19. The second-order valence-electron chi connectivity index (χ2n) is 15.4. The molecular formula is C46H68N4. The van der Waals surface area contributed by atoms with Gasteiger partial charge in [-0.15, -0.1) is 0 Å². The average Bonchev–Trinajstić information content (AvgIpc) is 3.07. The van der Waals surface area contributed by atoms with E-state index in [2.05, 4.69) is 132 Å². The monoisotopic (exact) mass is 677 g/mol. The lowest BCUT2D eigenvalue weighted by atomic mass is 9.86. The molecule has 0 amide bonds. The summed E-state index contributed by atoms with van der Waals surface area (Å²) >= 11 is 0. The minimum absolute atomic E-state index is 0.423. The number of hydrogen-bond donors (Lipinski definition) is 4. The van der Waals surface area contributed by atoms with Crippen LogP contribution >= 0.6 is 0 Å². The molecule has 0 bridgehead atoms. The van der Waals surface area contributed by atoms with Crippen LogP contribution in [0.25, 0.3) is 0 Å². The number of nitrogens with two attached hydrogens (primary N) is 4. The summed E-state index contributed by atoms with van der Waals surface area (Å²) < 4.78 is 0. The first-order chi connectivity index (χ1) is 23.6. The molecule has 0 aliphatic carbocycles. The first kappa shape index (κ1) is 40.5. The van der Waals surface area contributed by atoms with Crippen molar-refractivity contribution in [1.29, 1.82) is 0 Å². The summed E-state index contributed by atoms with van der Waals surface area (Å²) in [4.78, 5) is 0. The van der Waals surface area contributed by atoms with Crippen LogP contribution in [-0.2, 0) is 38.5 Å². The van der Waals surface area contributed by atoms with Gasteiger partial charge in [-0.1, -0.05) is 132 Å². The number of aryl methyl sites for hydroxylation is 4. The van der Waals surface area contributed by atoms with E-state index in [1.807, 2.05) is 0 Å². The van der Waals surface area contributed by atoms with Crippen LogP contribution in [0.5, 0.6) is 0 Å². The van der Waals surface area contributed by atoms with Gasteiger partial charge < -0.3 is 22.9 Å². The Hall–Kier alpha value is -3.92. The molecular weight excluding hydrogens is 609 g/mol. The molecule has 0 atom stereocenters. The molecule has 4 aromatic carbocycles. The van der Waals surface area contributed by atoms with Crippen LogP contribution in [0.15, 0.2) is 48.5 Å². The van der Waals surface area contributed by atoms with E-state index in [4.69, 9.17) is 22.9 Å². The highest BCUT2D eigenvalue weighted by Crippen LogP contribution is 2.35. The van der Waals surface area contributed by atoms with Crippen LogP contribution in [-0.4, -0.2) is 0 Å². The summed E-state index contributed by atoms with van der Waals surface area (Å²) in [5, 5.41) is 0. The van der Waals surface area contributed by atoms with Crippen molar-refractivity contribution < 1.29 is 0 Å². The van der Waals surface area contributed by atoms with Crippen LogP contribution in [0.4, 0.5) is 22.7 Å². The number of benzene rings is 4. The van der Waals surface area contributed by atoms with Crippen LogP contribution in [0.2, 0.25) is 0 Å². The Morgan fingerprint density at radius 3 is 0.720 bits per heavy atom. The summed E-state index contributed by atoms with van der Waals surface area (Å²) in [5.41, 5.74) is 44.8. The third-order valence-electron chi connectivity index (χ3n) is 10.3. The minimum atomic E-state index is 0.423. The standard InChI is InChI=1S/C25H38N2.C21H30N2/c1-14(2)20-10-18(11-21(15(3)4)24(20)26)9-19-12-22(16(5)6)25(27)23(13-19)17(7)8;1-5-16-10-14(11-17(6-2)20(16)22)9-15-12-18(7-3)21(23)19(8-4)13-15/h10-17H,9,26-27H2,1-8H3;10-13H,5-9,22-23H2,1-4H3. The number of rotatable bonds is 12. The van der Waals surface area contributed by atoms with Gasteiger partial charge in [0.05, 0.1) is 0 Å². The molecule has 0 saturated heterocycles. The van der Waals surface area contributed by atoms with Crippen LogP contribution in [0.1, 0.15) is 174 Å². The molecule has 50 heavy (non-hydrogen) atoms. The highest BCUT2D eigenvalue weighted by Gasteiger charge is 2.17. The molecule has 0 spiro atoms. The predicted molar refractivity (Wildman–Crippen MR) is 223 cm³/mol. The summed E-state index contributed by atoms with van der Waals surface area (Å²) in [6.07, 6.45) is 5.79. The smallest absolute Gasteiger partial charge is 0.0384 e. The van der Waals surface area contributed by atoms with Gasteiger partial charge >= 0.3 is 0 Å². The van der Waals surface area contributed by atoms with Crippen molar-refractivity contribution in [2.24, 2.45) is 0 Å². The Morgan fingerprint density at radius 2 is 0.540 bits per heavy atom. The Labute approximate surface area is 305 Å². The van der Waals surface area contributed by atoms with E-state index < -0.39 is 0 Å². The second kappa shape index (κ2) is 17.8. The van der Waals surface area contributed by atoms with Gasteiger partial charge in [-0.3, -0.25) is 0 Å². The third kappa shape index (κ3) is 9.65. The van der Waals surface area contributed by atoms with Gasteiger partial charge in [0.1, 0.15) is 0 Å².